The number of carbonyl (C=O) groups is 1. The molecule has 1 fully saturated rings. The van der Waals surface area contributed by atoms with Gasteiger partial charge in [0.1, 0.15) is 12.4 Å². The van der Waals surface area contributed by atoms with E-state index in [1.165, 1.54) is 6.08 Å². The van der Waals surface area contributed by atoms with E-state index in [9.17, 15) is 4.79 Å². The minimum atomic E-state index is -0.284. The highest BCUT2D eigenvalue weighted by Crippen LogP contribution is 2.25. The lowest BCUT2D eigenvalue weighted by atomic mass is 10.2. The number of nitrogens with one attached hydrogen (secondary N) is 2. The zero-order valence-electron chi connectivity index (χ0n) is 14.1. The quantitative estimate of drug-likeness (QED) is 0.582. The maximum Gasteiger partial charge on any atom is 0.250 e. The number of ether oxygens (including phenoxy) is 2. The van der Waals surface area contributed by atoms with Crippen LogP contribution in [0.4, 0.5) is 5.69 Å². The highest BCUT2D eigenvalue weighted by molar-refractivity contribution is 7.80. The van der Waals surface area contributed by atoms with Crippen molar-refractivity contribution in [2.45, 2.75) is 18.9 Å². The van der Waals surface area contributed by atoms with Crippen LogP contribution in [0.3, 0.4) is 0 Å². The zero-order valence-corrected chi connectivity index (χ0v) is 15.8. The molecule has 2 aromatic rings. The first kappa shape index (κ1) is 18.6. The van der Waals surface area contributed by atoms with E-state index in [0.717, 1.165) is 24.3 Å². The molecule has 0 spiro atoms. The fourth-order valence-electron chi connectivity index (χ4n) is 2.51. The Labute approximate surface area is 162 Å². The standard InChI is InChI=1S/C19H20N2O3S2/c22-18(10-9-15-6-4-12-26-15)21-19(25)20-16-7-1-2-8-17(16)24-13-14-5-3-11-23-14/h1-2,4,6-10,12,14H,3,5,11,13H2,(H2,20,21,22,25)/b10-9+. The van der Waals surface area contributed by atoms with Gasteiger partial charge in [-0.1, -0.05) is 18.2 Å². The Morgan fingerprint density at radius 1 is 1.35 bits per heavy atom. The van der Waals surface area contributed by atoms with E-state index >= 15 is 0 Å². The lowest BCUT2D eigenvalue weighted by Gasteiger charge is -2.16. The van der Waals surface area contributed by atoms with Gasteiger partial charge in [0.25, 0.3) is 0 Å². The van der Waals surface area contributed by atoms with E-state index in [2.05, 4.69) is 10.6 Å². The molecule has 3 rings (SSSR count). The Balaban J connectivity index is 1.52. The smallest absolute Gasteiger partial charge is 0.250 e. The molecule has 2 N–H and O–H groups in total. The molecule has 1 unspecified atom stereocenters. The molecule has 7 heteroatoms. The number of rotatable bonds is 6. The van der Waals surface area contributed by atoms with Crippen molar-refractivity contribution in [3.63, 3.8) is 0 Å². The SMILES string of the molecule is O=C(/C=C/c1cccs1)NC(=S)Nc1ccccc1OCC1CCCO1. The molecule has 1 amide bonds. The maximum absolute atomic E-state index is 12.0. The van der Waals surface area contributed by atoms with Gasteiger partial charge in [-0.05, 0) is 54.7 Å². The normalized spacial score (nSPS) is 16.5. The molecule has 1 aliphatic rings. The molecular formula is C19H20N2O3S2. The van der Waals surface area contributed by atoms with E-state index < -0.39 is 0 Å². The second-order valence-electron chi connectivity index (χ2n) is 5.73. The van der Waals surface area contributed by atoms with E-state index in [1.54, 1.807) is 17.4 Å². The highest BCUT2D eigenvalue weighted by Gasteiger charge is 2.17. The molecule has 1 aromatic carbocycles. The lowest BCUT2D eigenvalue weighted by molar-refractivity contribution is -0.115. The Kier molecular flexibility index (Phi) is 6.76. The van der Waals surface area contributed by atoms with Crippen molar-refractivity contribution in [2.75, 3.05) is 18.5 Å². The minimum Gasteiger partial charge on any atom is -0.489 e. The fourth-order valence-corrected chi connectivity index (χ4v) is 3.33. The molecule has 26 heavy (non-hydrogen) atoms. The molecule has 0 bridgehead atoms. The molecule has 2 heterocycles. The first-order valence-electron chi connectivity index (χ1n) is 8.38. The monoisotopic (exact) mass is 388 g/mol. The van der Waals surface area contributed by atoms with Crippen LogP contribution in [0.5, 0.6) is 5.75 Å². The third-order valence-corrected chi connectivity index (χ3v) is 4.80. The molecule has 1 saturated heterocycles. The molecular weight excluding hydrogens is 368 g/mol. The van der Waals surface area contributed by atoms with Gasteiger partial charge in [-0.2, -0.15) is 0 Å². The maximum atomic E-state index is 12.0. The number of hydrogen-bond donors (Lipinski definition) is 2. The van der Waals surface area contributed by atoms with Crippen LogP contribution in [-0.2, 0) is 9.53 Å². The van der Waals surface area contributed by atoms with Crippen molar-refractivity contribution < 1.29 is 14.3 Å². The average Bonchev–Trinajstić information content (AvgIpc) is 3.33. The average molecular weight is 389 g/mol. The summed E-state index contributed by atoms with van der Waals surface area (Å²) in [7, 11) is 0. The second-order valence-corrected chi connectivity index (χ2v) is 7.12. The summed E-state index contributed by atoms with van der Waals surface area (Å²) in [6.45, 7) is 1.30. The van der Waals surface area contributed by atoms with Crippen LogP contribution in [0, 0.1) is 0 Å². The van der Waals surface area contributed by atoms with Gasteiger partial charge in [0.05, 0.1) is 11.8 Å². The molecule has 0 saturated carbocycles. The van der Waals surface area contributed by atoms with Gasteiger partial charge in [0, 0.05) is 17.6 Å². The van der Waals surface area contributed by atoms with Gasteiger partial charge in [-0.15, -0.1) is 11.3 Å². The van der Waals surface area contributed by atoms with Gasteiger partial charge in [0.2, 0.25) is 5.91 Å². The predicted molar refractivity (Wildman–Crippen MR) is 109 cm³/mol. The predicted octanol–water partition coefficient (Wildman–Crippen LogP) is 3.83. The Bertz CT molecular complexity index is 769. The number of hydrogen-bond acceptors (Lipinski definition) is 5. The summed E-state index contributed by atoms with van der Waals surface area (Å²) in [6.07, 6.45) is 5.43. The van der Waals surface area contributed by atoms with E-state index in [0.29, 0.717) is 18.0 Å². The summed E-state index contributed by atoms with van der Waals surface area (Å²) in [5.74, 6) is 0.391. The number of thiophene rings is 1. The van der Waals surface area contributed by atoms with Crippen molar-refractivity contribution in [1.29, 1.82) is 0 Å². The van der Waals surface area contributed by atoms with Crippen molar-refractivity contribution in [2.24, 2.45) is 0 Å². The first-order valence-corrected chi connectivity index (χ1v) is 9.66. The number of amides is 1. The number of carbonyl (C=O) groups excluding carboxylic acids is 1. The molecule has 1 atom stereocenters. The van der Waals surface area contributed by atoms with Crippen LogP contribution in [0.1, 0.15) is 17.7 Å². The summed E-state index contributed by atoms with van der Waals surface area (Å²) in [5, 5.41) is 7.82. The molecule has 0 aliphatic carbocycles. The van der Waals surface area contributed by atoms with Gasteiger partial charge in [0.15, 0.2) is 5.11 Å². The second kappa shape index (κ2) is 9.47. The topological polar surface area (TPSA) is 59.6 Å². The zero-order chi connectivity index (χ0) is 18.2. The van der Waals surface area contributed by atoms with Gasteiger partial charge in [-0.3, -0.25) is 10.1 Å². The van der Waals surface area contributed by atoms with Crippen LogP contribution < -0.4 is 15.4 Å². The third-order valence-electron chi connectivity index (χ3n) is 3.76. The molecule has 0 radical (unpaired) electrons. The first-order chi connectivity index (χ1) is 12.7. The summed E-state index contributed by atoms with van der Waals surface area (Å²) in [6, 6.07) is 11.3. The van der Waals surface area contributed by atoms with Crippen LogP contribution in [0.15, 0.2) is 47.9 Å². The van der Waals surface area contributed by atoms with Crippen molar-refractivity contribution in [1.82, 2.24) is 5.32 Å². The molecule has 1 aromatic heterocycles. The summed E-state index contributed by atoms with van der Waals surface area (Å²) in [5.41, 5.74) is 0.707. The third kappa shape index (κ3) is 5.66. The van der Waals surface area contributed by atoms with Crippen molar-refractivity contribution in [3.05, 3.63) is 52.7 Å². The van der Waals surface area contributed by atoms with Crippen LogP contribution in [0.25, 0.3) is 6.08 Å². The Morgan fingerprint density at radius 2 is 2.23 bits per heavy atom. The van der Waals surface area contributed by atoms with Crippen molar-refractivity contribution in [3.8, 4) is 5.75 Å². The fraction of sp³-hybridized carbons (Fsp3) is 0.263. The molecule has 1 aliphatic heterocycles. The Hall–Kier alpha value is -2.22. The summed E-state index contributed by atoms with van der Waals surface area (Å²) >= 11 is 6.79. The van der Waals surface area contributed by atoms with Crippen LogP contribution in [0.2, 0.25) is 0 Å². The highest BCUT2D eigenvalue weighted by atomic mass is 32.1. The number of para-hydroxylation sites is 2. The van der Waals surface area contributed by atoms with Crippen LogP contribution >= 0.6 is 23.6 Å². The number of benzene rings is 1. The molecule has 5 nitrogen and oxygen atoms in total. The lowest BCUT2D eigenvalue weighted by Crippen LogP contribution is -2.33. The summed E-state index contributed by atoms with van der Waals surface area (Å²) < 4.78 is 11.4. The van der Waals surface area contributed by atoms with E-state index in [4.69, 9.17) is 21.7 Å². The number of thiocarbonyl (C=S) groups is 1. The Morgan fingerprint density at radius 3 is 3.00 bits per heavy atom. The minimum absolute atomic E-state index is 0.136. The van der Waals surface area contributed by atoms with E-state index in [1.807, 2.05) is 41.8 Å². The summed E-state index contributed by atoms with van der Waals surface area (Å²) in [4.78, 5) is 13.0. The van der Waals surface area contributed by atoms with Gasteiger partial charge < -0.3 is 14.8 Å². The molecule has 136 valence electrons. The van der Waals surface area contributed by atoms with Crippen LogP contribution in [-0.4, -0.2) is 30.3 Å². The van der Waals surface area contributed by atoms with Crippen molar-refractivity contribution >= 4 is 46.3 Å². The number of anilines is 1. The van der Waals surface area contributed by atoms with Gasteiger partial charge in [-0.25, -0.2) is 0 Å². The largest absolute Gasteiger partial charge is 0.489 e. The van der Waals surface area contributed by atoms with E-state index in [-0.39, 0.29) is 17.1 Å². The van der Waals surface area contributed by atoms with Gasteiger partial charge >= 0.3 is 0 Å².